The number of carboxylic acid groups (broad SMARTS) is 1. The van der Waals surface area contributed by atoms with Crippen molar-refractivity contribution in [2.24, 2.45) is 0 Å². The Hall–Kier alpha value is -5.87. The summed E-state index contributed by atoms with van der Waals surface area (Å²) in [5.74, 6) is -2.04. The summed E-state index contributed by atoms with van der Waals surface area (Å²) in [6, 6.07) is 0. The molecule has 582 valence electrons. The van der Waals surface area contributed by atoms with E-state index in [4.69, 9.17) is 18.9 Å². The van der Waals surface area contributed by atoms with E-state index in [9.17, 15) is 19.5 Å². The third kappa shape index (κ3) is 83.3. The second-order valence-corrected chi connectivity index (χ2v) is 28.3. The highest BCUT2D eigenvalue weighted by Crippen LogP contribution is 2.18. The van der Waals surface area contributed by atoms with E-state index in [1.54, 1.807) is 0 Å². The molecule has 0 aromatic heterocycles. The minimum atomic E-state index is -1.53. The van der Waals surface area contributed by atoms with Crippen molar-refractivity contribution >= 4 is 17.9 Å². The summed E-state index contributed by atoms with van der Waals surface area (Å²) in [4.78, 5) is 37.8. The van der Waals surface area contributed by atoms with Gasteiger partial charge < -0.3 is 28.5 Å². The topological polar surface area (TPSA) is 108 Å². The molecular formula is C94H154NO8+. The Bertz CT molecular complexity index is 2410. The van der Waals surface area contributed by atoms with Crippen LogP contribution in [0.25, 0.3) is 0 Å². The summed E-state index contributed by atoms with van der Waals surface area (Å²) in [5, 5.41) is 9.78. The normalized spacial score (nSPS) is 13.7. The molecule has 2 atom stereocenters. The van der Waals surface area contributed by atoms with Gasteiger partial charge in [-0.05, 0) is 141 Å². The number of hydrogen-bond donors (Lipinski definition) is 1. The third-order valence-corrected chi connectivity index (χ3v) is 17.3. The van der Waals surface area contributed by atoms with E-state index in [0.717, 1.165) is 148 Å². The van der Waals surface area contributed by atoms with E-state index >= 15 is 0 Å². The first-order valence-corrected chi connectivity index (χ1v) is 41.6. The van der Waals surface area contributed by atoms with Crippen LogP contribution in [0.1, 0.15) is 322 Å². The standard InChI is InChI=1S/C94H153NO8/c1-6-8-10-12-14-16-18-20-22-24-26-28-30-32-34-36-38-40-42-44-45-46-47-49-51-53-55-57-59-61-63-65-67-69-71-73-75-77-79-81-83-85-92(97)103-90(89-102-94(93(98)99)100-87-86-95(3,4)5)88-101-91(96)84-82-80-78-76-74-72-70-68-66-64-62-60-58-56-54-52-50-48-43-41-39-37-35-33-31-29-27-25-23-21-19-17-15-13-11-9-7-2/h8-11,14-17,20-23,26-29,32,34,38,40,44-45,47,49,53,55,59,61,65,67,71,73,90,94H,6-7,12-13,18-19,24-25,30-31,33,35-37,39,41-43,46,48,50-52,54,56-58,60,62-64,66,68-70,72,74-89H2,1-5H3/p+1/b10-8-,11-9-,16-14-,17-15-,22-20-,23-21-,28-26-,29-27-,34-32-,40-38-,45-44-,49-47-,55-53-,61-59-,67-65-,73-71-. The second-order valence-electron chi connectivity index (χ2n) is 28.3. The van der Waals surface area contributed by atoms with E-state index in [-0.39, 0.29) is 38.6 Å². The molecule has 0 fully saturated rings. The van der Waals surface area contributed by atoms with E-state index in [0.29, 0.717) is 17.4 Å². The van der Waals surface area contributed by atoms with Gasteiger partial charge in [-0.1, -0.05) is 362 Å². The highest BCUT2D eigenvalue weighted by molar-refractivity contribution is 5.71. The van der Waals surface area contributed by atoms with Crippen molar-refractivity contribution in [2.75, 3.05) is 47.5 Å². The van der Waals surface area contributed by atoms with Gasteiger partial charge in [0.25, 0.3) is 6.29 Å². The summed E-state index contributed by atoms with van der Waals surface area (Å²) >= 11 is 0. The molecule has 0 saturated carbocycles. The molecule has 0 spiro atoms. The minimum Gasteiger partial charge on any atom is -0.477 e. The zero-order valence-electron chi connectivity index (χ0n) is 66.7. The Morgan fingerprint density at radius 1 is 0.291 bits per heavy atom. The lowest BCUT2D eigenvalue weighted by atomic mass is 10.0. The highest BCUT2D eigenvalue weighted by Gasteiger charge is 2.25. The van der Waals surface area contributed by atoms with Gasteiger partial charge in [0.05, 0.1) is 34.4 Å². The van der Waals surface area contributed by atoms with Gasteiger partial charge in [-0.2, -0.15) is 0 Å². The van der Waals surface area contributed by atoms with E-state index in [1.807, 2.05) is 21.1 Å². The summed E-state index contributed by atoms with van der Waals surface area (Å²) in [6.45, 7) is 4.63. The molecule has 103 heavy (non-hydrogen) atoms. The van der Waals surface area contributed by atoms with Crippen LogP contribution in [0, 0.1) is 0 Å². The SMILES string of the molecule is CC/C=C\C/C=C\C/C=C\C/C=C\C/C=C\C/C=C\C/C=C\C/C=C\C/C=C\C/C=C\C/C=C\C/C=C\CCCCCCC(=O)OC(COC(=O)CCCCCCCCCCCCCCCCCCCCCCCCCC/C=C\C/C=C\C/C=C\C/C=C\CC)COC(OCC[N+](C)(C)C)C(=O)O. The molecule has 0 aromatic rings. The number of quaternary nitrogens is 1. The molecule has 0 aliphatic carbocycles. The lowest BCUT2D eigenvalue weighted by Crippen LogP contribution is -2.40. The maximum Gasteiger partial charge on any atom is 0.361 e. The molecule has 0 saturated heterocycles. The monoisotopic (exact) mass is 1430 g/mol. The van der Waals surface area contributed by atoms with Crippen LogP contribution in [-0.2, 0) is 33.3 Å². The number of nitrogens with zero attached hydrogens (tertiary/aromatic N) is 1. The van der Waals surface area contributed by atoms with Crippen LogP contribution in [0.5, 0.6) is 0 Å². The maximum absolute atomic E-state index is 13.0. The van der Waals surface area contributed by atoms with Crippen LogP contribution in [0.2, 0.25) is 0 Å². The smallest absolute Gasteiger partial charge is 0.361 e. The number of ether oxygens (including phenoxy) is 4. The van der Waals surface area contributed by atoms with Crippen LogP contribution in [-0.4, -0.2) is 87.4 Å². The van der Waals surface area contributed by atoms with E-state index in [2.05, 4.69) is 208 Å². The average Bonchev–Trinajstić information content (AvgIpc) is 1.01. The molecule has 0 rings (SSSR count). The number of carbonyl (C=O) groups excluding carboxylic acids is 2. The third-order valence-electron chi connectivity index (χ3n) is 17.3. The van der Waals surface area contributed by atoms with Crippen LogP contribution >= 0.6 is 0 Å². The largest absolute Gasteiger partial charge is 0.477 e. The Kier molecular flexibility index (Phi) is 77.1. The molecule has 0 bridgehead atoms. The van der Waals surface area contributed by atoms with Crippen LogP contribution in [0.4, 0.5) is 0 Å². The Morgan fingerprint density at radius 2 is 0.524 bits per heavy atom. The van der Waals surface area contributed by atoms with Crippen molar-refractivity contribution in [3.05, 3.63) is 194 Å². The summed E-state index contributed by atoms with van der Waals surface area (Å²) < 4.78 is 23.0. The van der Waals surface area contributed by atoms with Crippen molar-refractivity contribution in [1.82, 2.24) is 0 Å². The summed E-state index contributed by atoms with van der Waals surface area (Å²) in [5.41, 5.74) is 0. The molecule has 0 heterocycles. The number of esters is 2. The van der Waals surface area contributed by atoms with Crippen molar-refractivity contribution in [1.29, 1.82) is 0 Å². The lowest BCUT2D eigenvalue weighted by molar-refractivity contribution is -0.870. The number of carbonyl (C=O) groups is 3. The fraction of sp³-hybridized carbons (Fsp3) is 0.628. The van der Waals surface area contributed by atoms with Crippen LogP contribution in [0.15, 0.2) is 194 Å². The van der Waals surface area contributed by atoms with Gasteiger partial charge in [-0.25, -0.2) is 4.79 Å². The number of hydrogen-bond acceptors (Lipinski definition) is 7. The zero-order chi connectivity index (χ0) is 74.6. The molecule has 0 radical (unpaired) electrons. The molecule has 0 aromatic carbocycles. The van der Waals surface area contributed by atoms with Crippen molar-refractivity contribution in [2.45, 2.75) is 334 Å². The van der Waals surface area contributed by atoms with Gasteiger partial charge in [-0.3, -0.25) is 9.59 Å². The van der Waals surface area contributed by atoms with E-state index < -0.39 is 24.3 Å². The van der Waals surface area contributed by atoms with Crippen molar-refractivity contribution in [3.8, 4) is 0 Å². The molecule has 0 aliphatic rings. The number of unbranched alkanes of at least 4 members (excludes halogenated alkanes) is 28. The molecule has 0 amide bonds. The lowest BCUT2D eigenvalue weighted by Gasteiger charge is -2.25. The van der Waals surface area contributed by atoms with Crippen molar-refractivity contribution in [3.63, 3.8) is 0 Å². The van der Waals surface area contributed by atoms with Gasteiger partial charge >= 0.3 is 17.9 Å². The van der Waals surface area contributed by atoms with Gasteiger partial charge in [0.1, 0.15) is 13.2 Å². The predicted octanol–water partition coefficient (Wildman–Crippen LogP) is 27.3. The first kappa shape index (κ1) is 97.1. The Balaban J connectivity index is 4.12. The summed E-state index contributed by atoms with van der Waals surface area (Å²) in [6.07, 6.45) is 123. The Morgan fingerprint density at radius 3 is 0.777 bits per heavy atom. The number of likely N-dealkylation sites (N-methyl/N-ethyl adjacent to an activating group) is 1. The number of aliphatic carboxylic acids is 1. The van der Waals surface area contributed by atoms with Gasteiger partial charge in [0.2, 0.25) is 0 Å². The molecule has 2 unspecified atom stereocenters. The molecule has 0 aliphatic heterocycles. The maximum atomic E-state index is 13.0. The fourth-order valence-electron chi connectivity index (χ4n) is 11.1. The predicted molar refractivity (Wildman–Crippen MR) is 446 cm³/mol. The average molecular weight is 1430 g/mol. The molecule has 9 nitrogen and oxygen atoms in total. The molecule has 9 heteroatoms. The summed E-state index contributed by atoms with van der Waals surface area (Å²) in [7, 11) is 5.97. The van der Waals surface area contributed by atoms with Crippen molar-refractivity contribution < 1.29 is 42.9 Å². The zero-order valence-corrected chi connectivity index (χ0v) is 66.7. The Labute approximate surface area is 633 Å². The number of carboxylic acids is 1. The van der Waals surface area contributed by atoms with Crippen LogP contribution < -0.4 is 0 Å². The first-order valence-electron chi connectivity index (χ1n) is 41.6. The first-order chi connectivity index (χ1) is 50.6. The van der Waals surface area contributed by atoms with Gasteiger partial charge in [-0.15, -0.1) is 0 Å². The second kappa shape index (κ2) is 81.8. The van der Waals surface area contributed by atoms with Gasteiger partial charge in [0.15, 0.2) is 6.10 Å². The van der Waals surface area contributed by atoms with E-state index in [1.165, 1.54) is 141 Å². The minimum absolute atomic E-state index is 0.174. The number of allylic oxidation sites excluding steroid dienone is 32. The van der Waals surface area contributed by atoms with Gasteiger partial charge in [0, 0.05) is 12.8 Å². The quantitative estimate of drug-likeness (QED) is 0.0211. The number of rotatable bonds is 75. The highest BCUT2D eigenvalue weighted by atomic mass is 16.7. The van der Waals surface area contributed by atoms with Crippen LogP contribution in [0.3, 0.4) is 0 Å². The fourth-order valence-corrected chi connectivity index (χ4v) is 11.1. The molecule has 1 N–H and O–H groups in total. The molecular weight excluding hydrogens is 1270 g/mol.